The molecule has 0 saturated heterocycles. The first-order chi connectivity index (χ1) is 17.4. The number of ether oxygens (including phenoxy) is 1. The molecule has 0 aliphatic heterocycles. The molecule has 186 valence electrons. The number of hydrogen-bond acceptors (Lipinski definition) is 7. The van der Waals surface area contributed by atoms with E-state index < -0.39 is 24.3 Å². The average Bonchev–Trinajstić information content (AvgIpc) is 3.23. The van der Waals surface area contributed by atoms with E-state index in [1.54, 1.807) is 24.7 Å². The van der Waals surface area contributed by atoms with Gasteiger partial charge in [-0.2, -0.15) is 5.10 Å². The summed E-state index contributed by atoms with van der Waals surface area (Å²) in [6.07, 6.45) is 7.28. The molecule has 4 aromatic rings. The summed E-state index contributed by atoms with van der Waals surface area (Å²) in [5, 5.41) is 13.3. The highest BCUT2D eigenvalue weighted by Gasteiger charge is 2.43. The van der Waals surface area contributed by atoms with E-state index in [-0.39, 0.29) is 5.54 Å². The Labute approximate surface area is 206 Å². The number of amides is 1. The van der Waals surface area contributed by atoms with Gasteiger partial charge in [-0.15, -0.1) is 0 Å². The summed E-state index contributed by atoms with van der Waals surface area (Å²) < 4.78 is 22.4. The zero-order valence-corrected chi connectivity index (χ0v) is 20.0. The summed E-state index contributed by atoms with van der Waals surface area (Å²) >= 11 is 0. The molecule has 2 saturated carbocycles. The molecule has 2 aliphatic carbocycles. The highest BCUT2D eigenvalue weighted by atomic mass is 19.1. The number of nitrogens with zero attached hydrogens (tertiary/aromatic N) is 5. The molecule has 0 aromatic carbocycles. The molecule has 6 rings (SSSR count). The van der Waals surface area contributed by atoms with Gasteiger partial charge in [-0.1, -0.05) is 6.07 Å². The van der Waals surface area contributed by atoms with E-state index in [1.165, 1.54) is 0 Å². The molecular weight excluding hydrogens is 463 g/mol. The van der Waals surface area contributed by atoms with Crippen molar-refractivity contribution in [1.29, 1.82) is 0 Å². The Kier molecular flexibility index (Phi) is 5.35. The largest absolute Gasteiger partial charge is 0.443 e. The van der Waals surface area contributed by atoms with E-state index in [0.717, 1.165) is 35.3 Å². The number of nitrogens with one attached hydrogen (secondary N) is 3. The van der Waals surface area contributed by atoms with Crippen LogP contribution in [0.5, 0.6) is 0 Å². The molecule has 2 aliphatic rings. The third-order valence-electron chi connectivity index (χ3n) is 7.08. The first-order valence-corrected chi connectivity index (χ1v) is 12.1. The van der Waals surface area contributed by atoms with E-state index in [9.17, 15) is 4.79 Å². The van der Waals surface area contributed by atoms with Crippen LogP contribution < -0.4 is 10.6 Å². The number of hydrogen-bond donors (Lipinski definition) is 3. The Hall–Kier alpha value is -4.02. The van der Waals surface area contributed by atoms with Crippen molar-refractivity contribution in [1.82, 2.24) is 34.9 Å². The van der Waals surface area contributed by atoms with Crippen LogP contribution >= 0.6 is 0 Å². The Bertz CT molecular complexity index is 1410. The number of carbonyl (C=O) groups excluding carboxylic acids is 1. The summed E-state index contributed by atoms with van der Waals surface area (Å²) in [5.74, 6) is 0.621. The lowest BCUT2D eigenvalue weighted by atomic mass is 10.0. The van der Waals surface area contributed by atoms with Crippen molar-refractivity contribution < 1.29 is 13.9 Å². The van der Waals surface area contributed by atoms with Crippen LogP contribution in [0.4, 0.5) is 21.0 Å². The Morgan fingerprint density at radius 2 is 2.17 bits per heavy atom. The highest BCUT2D eigenvalue weighted by Crippen LogP contribution is 2.39. The first-order valence-electron chi connectivity index (χ1n) is 12.1. The molecule has 0 unspecified atom stereocenters. The van der Waals surface area contributed by atoms with Crippen LogP contribution in [0.15, 0.2) is 43.0 Å². The minimum absolute atomic E-state index is 0.200. The molecule has 10 nitrogen and oxygen atoms in total. The maximum atomic E-state index is 15.2. The van der Waals surface area contributed by atoms with Crippen molar-refractivity contribution in [2.45, 2.75) is 63.3 Å². The van der Waals surface area contributed by atoms with Crippen LogP contribution in [-0.2, 0) is 4.74 Å². The number of carbonyl (C=O) groups is 1. The number of alkyl halides is 1. The fraction of sp³-hybridized carbons (Fsp3) is 0.400. The van der Waals surface area contributed by atoms with E-state index >= 15 is 4.39 Å². The Balaban J connectivity index is 1.18. The molecule has 0 spiro atoms. The van der Waals surface area contributed by atoms with Crippen LogP contribution in [0.2, 0.25) is 0 Å². The van der Waals surface area contributed by atoms with Crippen molar-refractivity contribution in [3.8, 4) is 11.1 Å². The fourth-order valence-electron chi connectivity index (χ4n) is 4.83. The van der Waals surface area contributed by atoms with E-state index in [0.29, 0.717) is 30.3 Å². The smallest absolute Gasteiger partial charge is 0.407 e. The molecular formula is C25H27FN8O2. The number of aromatic amines is 1. The lowest BCUT2D eigenvalue weighted by Crippen LogP contribution is -2.38. The predicted molar refractivity (Wildman–Crippen MR) is 131 cm³/mol. The van der Waals surface area contributed by atoms with Crippen LogP contribution in [0.3, 0.4) is 0 Å². The zero-order valence-electron chi connectivity index (χ0n) is 20.0. The van der Waals surface area contributed by atoms with Gasteiger partial charge in [-0.05, 0) is 45.6 Å². The molecule has 2 fully saturated rings. The second kappa shape index (κ2) is 8.58. The van der Waals surface area contributed by atoms with Gasteiger partial charge in [0.1, 0.15) is 17.9 Å². The third-order valence-corrected chi connectivity index (χ3v) is 7.08. The van der Waals surface area contributed by atoms with Crippen molar-refractivity contribution in [3.05, 3.63) is 54.4 Å². The first kappa shape index (κ1) is 22.4. The number of imidazole rings is 1. The Morgan fingerprint density at radius 3 is 2.94 bits per heavy atom. The van der Waals surface area contributed by atoms with Gasteiger partial charge in [-0.25, -0.2) is 19.2 Å². The minimum atomic E-state index is -1.31. The molecule has 4 heterocycles. The topological polar surface area (TPSA) is 122 Å². The van der Waals surface area contributed by atoms with Crippen LogP contribution in [0.1, 0.15) is 49.9 Å². The van der Waals surface area contributed by atoms with Crippen molar-refractivity contribution in [2.75, 3.05) is 5.32 Å². The number of anilines is 2. The van der Waals surface area contributed by atoms with E-state index in [1.807, 2.05) is 36.6 Å². The standard InChI is InChI=1S/C25H27FN8O2/c1-14-20(15-4-3-9-27-13-15)22-28-10-11-34(22)23(29-14)30-19-12-17(32-33-19)16-5-6-18(21(16)26)36-24(35)31-25(2)7-8-25/h3-4,9-13,16,18,21H,5-8H2,1-2H3,(H,31,35)(H2,29,30,32,33)/t16-,18-,21-/m0/s1. The lowest BCUT2D eigenvalue weighted by molar-refractivity contribution is 0.0546. The number of aryl methyl sites for hydroxylation is 1. The molecule has 0 radical (unpaired) electrons. The minimum Gasteiger partial charge on any atom is -0.443 e. The van der Waals surface area contributed by atoms with Crippen molar-refractivity contribution in [2.24, 2.45) is 0 Å². The summed E-state index contributed by atoms with van der Waals surface area (Å²) in [5.41, 5.74) is 3.81. The molecule has 11 heteroatoms. The summed E-state index contributed by atoms with van der Waals surface area (Å²) in [6.45, 7) is 3.88. The van der Waals surface area contributed by atoms with Gasteiger partial charge in [-0.3, -0.25) is 14.5 Å². The van der Waals surface area contributed by atoms with Crippen LogP contribution in [0, 0.1) is 6.92 Å². The van der Waals surface area contributed by atoms with Gasteiger partial charge in [0, 0.05) is 59.1 Å². The van der Waals surface area contributed by atoms with E-state index in [4.69, 9.17) is 9.72 Å². The number of alkyl carbamates (subject to hydrolysis) is 1. The molecule has 1 amide bonds. The van der Waals surface area contributed by atoms with E-state index in [2.05, 4.69) is 30.8 Å². The monoisotopic (exact) mass is 490 g/mol. The second-order valence-electron chi connectivity index (χ2n) is 9.85. The van der Waals surface area contributed by atoms with Crippen molar-refractivity contribution >= 4 is 23.5 Å². The fourth-order valence-corrected chi connectivity index (χ4v) is 4.83. The summed E-state index contributed by atoms with van der Waals surface area (Å²) in [7, 11) is 0. The van der Waals surface area contributed by atoms with Gasteiger partial charge in [0.05, 0.1) is 5.69 Å². The van der Waals surface area contributed by atoms with Crippen LogP contribution in [0.25, 0.3) is 16.8 Å². The Morgan fingerprint density at radius 1 is 1.31 bits per heavy atom. The summed E-state index contributed by atoms with van der Waals surface area (Å²) in [6, 6.07) is 5.63. The number of halogens is 1. The van der Waals surface area contributed by atoms with Crippen LogP contribution in [-0.4, -0.2) is 53.5 Å². The maximum Gasteiger partial charge on any atom is 0.407 e. The molecule has 4 aromatic heterocycles. The number of aromatic nitrogens is 6. The SMILES string of the molecule is Cc1nc(Nc2cc([C@@H]3CC[C@H](OC(=O)NC4(C)CC4)[C@H]3F)[nH]n2)n2ccnc2c1-c1cccnc1. The molecule has 36 heavy (non-hydrogen) atoms. The number of fused-ring (bicyclic) bond motifs is 1. The van der Waals surface area contributed by atoms with Gasteiger partial charge in [0.15, 0.2) is 5.82 Å². The second-order valence-corrected chi connectivity index (χ2v) is 9.85. The third kappa shape index (κ3) is 4.14. The van der Waals surface area contributed by atoms with Gasteiger partial charge in [0.2, 0.25) is 5.95 Å². The van der Waals surface area contributed by atoms with Crippen molar-refractivity contribution in [3.63, 3.8) is 0 Å². The lowest BCUT2D eigenvalue weighted by Gasteiger charge is -2.19. The zero-order chi connectivity index (χ0) is 24.9. The molecule has 3 N–H and O–H groups in total. The number of pyridine rings is 1. The quantitative estimate of drug-likeness (QED) is 0.365. The number of rotatable bonds is 6. The normalized spacial score (nSPS) is 22.5. The average molecular weight is 491 g/mol. The van der Waals surface area contributed by atoms with Gasteiger partial charge >= 0.3 is 6.09 Å². The molecule has 0 bridgehead atoms. The van der Waals surface area contributed by atoms with Gasteiger partial charge in [0.25, 0.3) is 0 Å². The summed E-state index contributed by atoms with van der Waals surface area (Å²) in [4.78, 5) is 25.6. The molecule has 3 atom stereocenters. The number of H-pyrrole nitrogens is 1. The van der Waals surface area contributed by atoms with Gasteiger partial charge < -0.3 is 15.4 Å². The highest BCUT2D eigenvalue weighted by molar-refractivity contribution is 5.80. The maximum absolute atomic E-state index is 15.2. The predicted octanol–water partition coefficient (Wildman–Crippen LogP) is 4.43.